The zero-order valence-corrected chi connectivity index (χ0v) is 21.7. The molecule has 11 heteroatoms. The Bertz CT molecular complexity index is 1440. The van der Waals surface area contributed by atoms with Crippen LogP contribution in [0.4, 0.5) is 17.6 Å². The number of likely N-dealkylation sites (N-methyl/N-ethyl adjacent to an activating group) is 1. The van der Waals surface area contributed by atoms with Crippen molar-refractivity contribution < 1.29 is 31.5 Å². The highest BCUT2D eigenvalue weighted by molar-refractivity contribution is 5.75. The molecule has 0 aliphatic heterocycles. The van der Waals surface area contributed by atoms with Crippen molar-refractivity contribution in [3.8, 4) is 5.75 Å². The summed E-state index contributed by atoms with van der Waals surface area (Å²) in [6.45, 7) is 0.366. The molecule has 0 saturated carbocycles. The van der Waals surface area contributed by atoms with Crippen LogP contribution in [0.2, 0.25) is 0 Å². The fraction of sp³-hybridized carbons (Fsp3) is 0.276. The van der Waals surface area contributed by atoms with E-state index in [0.717, 1.165) is 43.5 Å². The number of carbonyl (C=O) groups excluding carboxylic acids is 1. The average Bonchev–Trinajstić information content (AvgIpc) is 3.58. The Hall–Kier alpha value is -4.41. The van der Waals surface area contributed by atoms with Crippen LogP contribution in [0.25, 0.3) is 12.2 Å². The number of benzene rings is 2. The molecular formula is C29H28F4N4O3. The summed E-state index contributed by atoms with van der Waals surface area (Å²) in [5.41, 5.74) is 1.65. The monoisotopic (exact) mass is 556 g/mol. The van der Waals surface area contributed by atoms with Gasteiger partial charge in [0.25, 0.3) is 0 Å². The molecule has 7 nitrogen and oxygen atoms in total. The largest absolute Gasteiger partial charge is 0.487 e. The van der Waals surface area contributed by atoms with E-state index in [9.17, 15) is 22.4 Å². The van der Waals surface area contributed by atoms with Crippen LogP contribution in [0.1, 0.15) is 46.8 Å². The molecular weight excluding hydrogens is 528 g/mol. The Morgan fingerprint density at radius 2 is 1.85 bits per heavy atom. The van der Waals surface area contributed by atoms with E-state index in [0.29, 0.717) is 17.5 Å². The van der Waals surface area contributed by atoms with Crippen molar-refractivity contribution in [3.05, 3.63) is 101 Å². The lowest BCUT2D eigenvalue weighted by Gasteiger charge is -2.08. The Kier molecular flexibility index (Phi) is 9.36. The minimum atomic E-state index is -4.61. The van der Waals surface area contributed by atoms with Crippen molar-refractivity contribution in [3.63, 3.8) is 0 Å². The van der Waals surface area contributed by atoms with E-state index < -0.39 is 17.6 Å². The van der Waals surface area contributed by atoms with Gasteiger partial charge in [0.15, 0.2) is 0 Å². The van der Waals surface area contributed by atoms with Crippen LogP contribution in [0, 0.1) is 5.82 Å². The topological polar surface area (TPSA) is 82.2 Å². The molecule has 0 radical (unpaired) electrons. The smallest absolute Gasteiger partial charge is 0.416 e. The van der Waals surface area contributed by atoms with E-state index >= 15 is 0 Å². The van der Waals surface area contributed by atoms with Crippen molar-refractivity contribution in [2.75, 3.05) is 7.05 Å². The first-order valence-electron chi connectivity index (χ1n) is 12.6. The normalized spacial score (nSPS) is 11.7. The molecule has 210 valence electrons. The van der Waals surface area contributed by atoms with Crippen LogP contribution >= 0.6 is 0 Å². The van der Waals surface area contributed by atoms with Gasteiger partial charge in [0.2, 0.25) is 11.8 Å². The maximum absolute atomic E-state index is 14.0. The molecule has 2 aromatic heterocycles. The van der Waals surface area contributed by atoms with Gasteiger partial charge in [-0.3, -0.25) is 9.48 Å². The maximum Gasteiger partial charge on any atom is 0.416 e. The minimum Gasteiger partial charge on any atom is -0.487 e. The number of carbonyl (C=O) groups is 1. The van der Waals surface area contributed by atoms with Gasteiger partial charge in [-0.2, -0.15) is 18.3 Å². The number of rotatable bonds is 12. The summed E-state index contributed by atoms with van der Waals surface area (Å²) in [7, 11) is 1.60. The lowest BCUT2D eigenvalue weighted by Crippen LogP contribution is -2.25. The standard InChI is InChI=1S/C29H28F4N4O3/c1-34-27(38)17-37-24(14-15-35-37)5-3-2-4-20-6-11-25(12-7-20)39-18-23-19-40-28(36-23)13-9-21-8-10-22(16-26(21)30)29(31,32)33/h6-16,19H,2-5,17-18H2,1H3,(H,34,38)/b13-9+. The molecule has 1 N–H and O–H groups in total. The van der Waals surface area contributed by atoms with Crippen molar-refractivity contribution in [1.29, 1.82) is 0 Å². The van der Waals surface area contributed by atoms with Crippen LogP contribution in [0.3, 0.4) is 0 Å². The molecule has 0 bridgehead atoms. The SMILES string of the molecule is CNC(=O)Cn1nccc1CCCCc1ccc(OCc2coc(/C=C/c3ccc(C(F)(F)F)cc3F)n2)cc1. The summed E-state index contributed by atoms with van der Waals surface area (Å²) in [5, 5.41) is 6.81. The summed E-state index contributed by atoms with van der Waals surface area (Å²) in [5.74, 6) is -0.241. The number of oxazole rings is 1. The molecule has 0 aliphatic rings. The number of unbranched alkanes of at least 4 members (excludes halogenated alkanes) is 1. The number of amides is 1. The number of aryl methyl sites for hydroxylation is 2. The zero-order chi connectivity index (χ0) is 28.5. The Morgan fingerprint density at radius 1 is 1.07 bits per heavy atom. The fourth-order valence-corrected chi connectivity index (χ4v) is 3.94. The molecule has 0 spiro atoms. The molecule has 0 atom stereocenters. The first-order valence-corrected chi connectivity index (χ1v) is 12.6. The summed E-state index contributed by atoms with van der Waals surface area (Å²) < 4.78 is 64.9. The van der Waals surface area contributed by atoms with Crippen molar-refractivity contribution in [2.45, 2.75) is 45.0 Å². The number of nitrogens with one attached hydrogen (secondary N) is 1. The number of hydrogen-bond acceptors (Lipinski definition) is 5. The van der Waals surface area contributed by atoms with Gasteiger partial charge in [0, 0.05) is 30.6 Å². The molecule has 2 aromatic carbocycles. The summed E-state index contributed by atoms with van der Waals surface area (Å²) in [6.07, 6.45) is 4.86. The molecule has 0 fully saturated rings. The van der Waals surface area contributed by atoms with Gasteiger partial charge in [0.05, 0.1) is 5.56 Å². The number of alkyl halides is 3. The third-order valence-electron chi connectivity index (χ3n) is 6.14. The molecule has 0 saturated heterocycles. The predicted molar refractivity (Wildman–Crippen MR) is 141 cm³/mol. The fourth-order valence-electron chi connectivity index (χ4n) is 3.94. The Labute approximate surface area is 228 Å². The van der Waals surface area contributed by atoms with E-state index in [4.69, 9.17) is 9.15 Å². The molecule has 0 aliphatic carbocycles. The lowest BCUT2D eigenvalue weighted by molar-refractivity contribution is -0.137. The van der Waals surface area contributed by atoms with Gasteiger partial charge in [-0.05, 0) is 67.7 Å². The van der Waals surface area contributed by atoms with E-state index in [1.54, 1.807) is 17.9 Å². The van der Waals surface area contributed by atoms with Crippen LogP contribution in [-0.2, 0) is 37.0 Å². The van der Waals surface area contributed by atoms with Gasteiger partial charge in [-0.15, -0.1) is 0 Å². The van der Waals surface area contributed by atoms with E-state index in [-0.39, 0.29) is 30.5 Å². The zero-order valence-electron chi connectivity index (χ0n) is 21.7. The number of hydrogen-bond donors (Lipinski definition) is 1. The quantitative estimate of drug-likeness (QED) is 0.169. The van der Waals surface area contributed by atoms with Crippen LogP contribution in [0.5, 0.6) is 5.75 Å². The van der Waals surface area contributed by atoms with Crippen LogP contribution in [0.15, 0.2) is 65.4 Å². The third kappa shape index (κ3) is 8.05. The van der Waals surface area contributed by atoms with E-state index in [1.165, 1.54) is 24.0 Å². The summed E-state index contributed by atoms with van der Waals surface area (Å²) in [6, 6.07) is 12.0. The van der Waals surface area contributed by atoms with Crippen LogP contribution in [-0.4, -0.2) is 27.7 Å². The van der Waals surface area contributed by atoms with Crippen molar-refractivity contribution in [1.82, 2.24) is 20.1 Å². The second-order valence-electron chi connectivity index (χ2n) is 9.04. The van der Waals surface area contributed by atoms with Gasteiger partial charge in [-0.25, -0.2) is 9.37 Å². The van der Waals surface area contributed by atoms with E-state index in [2.05, 4.69) is 15.4 Å². The molecule has 4 rings (SSSR count). The highest BCUT2D eigenvalue weighted by Gasteiger charge is 2.31. The first kappa shape index (κ1) is 28.6. The Balaban J connectivity index is 1.21. The molecule has 0 unspecified atom stereocenters. The van der Waals surface area contributed by atoms with Gasteiger partial charge in [-0.1, -0.05) is 18.2 Å². The summed E-state index contributed by atoms with van der Waals surface area (Å²) in [4.78, 5) is 15.8. The van der Waals surface area contributed by atoms with Crippen LogP contribution < -0.4 is 10.1 Å². The highest BCUT2D eigenvalue weighted by Crippen LogP contribution is 2.30. The average molecular weight is 557 g/mol. The molecule has 1 amide bonds. The second-order valence-corrected chi connectivity index (χ2v) is 9.04. The third-order valence-corrected chi connectivity index (χ3v) is 6.14. The molecule has 2 heterocycles. The lowest BCUT2D eigenvalue weighted by atomic mass is 10.1. The van der Waals surface area contributed by atoms with Gasteiger partial charge >= 0.3 is 6.18 Å². The van der Waals surface area contributed by atoms with Crippen molar-refractivity contribution in [2.24, 2.45) is 0 Å². The van der Waals surface area contributed by atoms with Gasteiger partial charge < -0.3 is 14.5 Å². The number of halogens is 4. The van der Waals surface area contributed by atoms with Crippen molar-refractivity contribution >= 4 is 18.1 Å². The summed E-state index contributed by atoms with van der Waals surface area (Å²) >= 11 is 0. The number of nitrogens with zero attached hydrogens (tertiary/aromatic N) is 3. The number of aromatic nitrogens is 3. The van der Waals surface area contributed by atoms with E-state index in [1.807, 2.05) is 30.3 Å². The minimum absolute atomic E-state index is 0.0169. The number of ether oxygens (including phenoxy) is 1. The Morgan fingerprint density at radius 3 is 2.58 bits per heavy atom. The molecule has 4 aromatic rings. The first-order chi connectivity index (χ1) is 19.2. The van der Waals surface area contributed by atoms with Gasteiger partial charge in [0.1, 0.15) is 36.7 Å². The highest BCUT2D eigenvalue weighted by atomic mass is 19.4. The predicted octanol–water partition coefficient (Wildman–Crippen LogP) is 6.09. The maximum atomic E-state index is 14.0. The second kappa shape index (κ2) is 13.1. The molecule has 40 heavy (non-hydrogen) atoms.